The van der Waals surface area contributed by atoms with Crippen LogP contribution < -0.4 is 11.3 Å². The third kappa shape index (κ3) is 4.74. The number of anilines is 1. The lowest BCUT2D eigenvalue weighted by Crippen LogP contribution is -2.15. The molecule has 0 aliphatic heterocycles. The van der Waals surface area contributed by atoms with Crippen molar-refractivity contribution < 1.29 is 9.53 Å². The first-order valence-electron chi connectivity index (χ1n) is 7.97. The number of rotatable bonds is 9. The molecule has 0 atom stereocenters. The number of hydrazine groups is 1. The van der Waals surface area contributed by atoms with Gasteiger partial charge in [-0.3, -0.25) is 5.84 Å². The molecule has 0 radical (unpaired) electrons. The molecule has 0 heterocycles. The number of nitrogens with two attached hydrogens (primary N) is 1. The van der Waals surface area contributed by atoms with Crippen LogP contribution in [-0.4, -0.2) is 12.6 Å². The van der Waals surface area contributed by atoms with Gasteiger partial charge in [0, 0.05) is 0 Å². The largest absolute Gasteiger partial charge is 0.462 e. The topological polar surface area (TPSA) is 64.3 Å². The van der Waals surface area contributed by atoms with E-state index in [1.807, 2.05) is 19.1 Å². The Balaban J connectivity index is 3.25. The van der Waals surface area contributed by atoms with E-state index in [0.717, 1.165) is 49.8 Å². The number of hydrogen-bond acceptors (Lipinski definition) is 4. The second-order valence-electron chi connectivity index (χ2n) is 5.19. The molecule has 1 aromatic rings. The van der Waals surface area contributed by atoms with E-state index in [2.05, 4.69) is 19.3 Å². The Morgan fingerprint density at radius 2 is 1.71 bits per heavy atom. The van der Waals surface area contributed by atoms with Crippen molar-refractivity contribution in [3.05, 3.63) is 28.8 Å². The van der Waals surface area contributed by atoms with Gasteiger partial charge in [-0.25, -0.2) is 4.79 Å². The fourth-order valence-corrected chi connectivity index (χ4v) is 2.51. The fraction of sp³-hybridized carbons (Fsp3) is 0.588. The molecular weight excluding hydrogens is 264 g/mol. The Hall–Kier alpha value is -1.55. The van der Waals surface area contributed by atoms with E-state index in [1.54, 1.807) is 0 Å². The minimum Gasteiger partial charge on any atom is -0.462 e. The molecule has 0 aliphatic carbocycles. The number of carbonyl (C=O) groups excluding carboxylic acids is 1. The summed E-state index contributed by atoms with van der Waals surface area (Å²) in [5.41, 5.74) is 6.64. The number of hydrogen-bond donors (Lipinski definition) is 2. The normalized spacial score (nSPS) is 10.5. The van der Waals surface area contributed by atoms with Crippen LogP contribution in [0.25, 0.3) is 0 Å². The van der Waals surface area contributed by atoms with Gasteiger partial charge >= 0.3 is 5.97 Å². The van der Waals surface area contributed by atoms with Gasteiger partial charge in [0.25, 0.3) is 0 Å². The molecule has 3 N–H and O–H groups in total. The predicted molar refractivity (Wildman–Crippen MR) is 87.4 cm³/mol. The number of nitrogens with one attached hydrogen (secondary N) is 1. The number of esters is 1. The second-order valence-corrected chi connectivity index (χ2v) is 5.19. The molecule has 0 unspecified atom stereocenters. The van der Waals surface area contributed by atoms with E-state index in [4.69, 9.17) is 10.6 Å². The van der Waals surface area contributed by atoms with Crippen LogP contribution in [0.5, 0.6) is 0 Å². The number of nitrogen functional groups attached to an aromatic ring is 1. The highest BCUT2D eigenvalue weighted by Crippen LogP contribution is 2.27. The van der Waals surface area contributed by atoms with Gasteiger partial charge < -0.3 is 10.2 Å². The zero-order valence-electron chi connectivity index (χ0n) is 13.5. The molecule has 0 aliphatic rings. The van der Waals surface area contributed by atoms with Gasteiger partial charge in [0.2, 0.25) is 0 Å². The third-order valence-electron chi connectivity index (χ3n) is 3.64. The molecule has 0 aromatic heterocycles. The van der Waals surface area contributed by atoms with Crippen LogP contribution in [-0.2, 0) is 17.6 Å². The summed E-state index contributed by atoms with van der Waals surface area (Å²) in [7, 11) is 0. The van der Waals surface area contributed by atoms with Crippen LogP contribution in [0.3, 0.4) is 0 Å². The Kier molecular flexibility index (Phi) is 7.83. The van der Waals surface area contributed by atoms with Crippen LogP contribution in [0.1, 0.15) is 67.9 Å². The van der Waals surface area contributed by atoms with Crippen LogP contribution in [0.4, 0.5) is 5.69 Å². The Morgan fingerprint density at radius 1 is 1.10 bits per heavy atom. The molecule has 1 rings (SSSR count). The summed E-state index contributed by atoms with van der Waals surface area (Å²) in [6, 6.07) is 3.71. The minimum absolute atomic E-state index is 0.232. The Morgan fingerprint density at radius 3 is 2.24 bits per heavy atom. The first-order valence-corrected chi connectivity index (χ1v) is 7.97. The lowest BCUT2D eigenvalue weighted by atomic mass is 9.92. The van der Waals surface area contributed by atoms with Crippen molar-refractivity contribution in [1.82, 2.24) is 0 Å². The summed E-state index contributed by atoms with van der Waals surface area (Å²) >= 11 is 0. The Bertz CT molecular complexity index is 458. The molecule has 118 valence electrons. The second kappa shape index (κ2) is 9.40. The highest BCUT2D eigenvalue weighted by Gasteiger charge is 2.18. The van der Waals surface area contributed by atoms with E-state index in [1.165, 1.54) is 5.56 Å². The lowest BCUT2D eigenvalue weighted by molar-refractivity contribution is 0.0525. The first kappa shape index (κ1) is 17.5. The summed E-state index contributed by atoms with van der Waals surface area (Å²) in [5, 5.41) is 0. The van der Waals surface area contributed by atoms with E-state index in [0.29, 0.717) is 12.2 Å². The maximum atomic E-state index is 12.2. The van der Waals surface area contributed by atoms with Crippen molar-refractivity contribution in [1.29, 1.82) is 0 Å². The van der Waals surface area contributed by atoms with Gasteiger partial charge in [-0.1, -0.05) is 26.7 Å². The summed E-state index contributed by atoms with van der Waals surface area (Å²) in [6.45, 7) is 6.54. The smallest absolute Gasteiger partial charge is 0.338 e. The molecule has 4 nitrogen and oxygen atoms in total. The quantitative estimate of drug-likeness (QED) is 0.412. The number of benzene rings is 1. The molecule has 0 bridgehead atoms. The van der Waals surface area contributed by atoms with E-state index < -0.39 is 0 Å². The number of unbranched alkanes of at least 4 members (excludes halogenated alkanes) is 2. The zero-order valence-corrected chi connectivity index (χ0v) is 13.5. The summed E-state index contributed by atoms with van der Waals surface area (Å²) < 4.78 is 5.19. The summed E-state index contributed by atoms with van der Waals surface area (Å²) in [4.78, 5) is 12.2. The van der Waals surface area contributed by atoms with Crippen LogP contribution in [0.15, 0.2) is 12.1 Å². The van der Waals surface area contributed by atoms with Crippen molar-refractivity contribution >= 4 is 11.7 Å². The molecule has 0 fully saturated rings. The van der Waals surface area contributed by atoms with Crippen molar-refractivity contribution in [2.75, 3.05) is 12.0 Å². The molecule has 21 heavy (non-hydrogen) atoms. The molecule has 0 saturated carbocycles. The van der Waals surface area contributed by atoms with Crippen molar-refractivity contribution in [3.8, 4) is 0 Å². The minimum atomic E-state index is -0.232. The van der Waals surface area contributed by atoms with E-state index in [-0.39, 0.29) is 5.97 Å². The lowest BCUT2D eigenvalue weighted by Gasteiger charge is -2.18. The zero-order chi connectivity index (χ0) is 15.7. The SMILES string of the molecule is CCCCc1c(NN)ccc(C(=O)OCC)c1CCCC. The van der Waals surface area contributed by atoms with Gasteiger partial charge in [0.05, 0.1) is 17.9 Å². The maximum Gasteiger partial charge on any atom is 0.338 e. The number of ether oxygens (including phenoxy) is 1. The van der Waals surface area contributed by atoms with Gasteiger partial charge in [0.1, 0.15) is 0 Å². The van der Waals surface area contributed by atoms with Crippen molar-refractivity contribution in [3.63, 3.8) is 0 Å². The molecule has 1 aromatic carbocycles. The van der Waals surface area contributed by atoms with Crippen molar-refractivity contribution in [2.45, 2.75) is 59.3 Å². The maximum absolute atomic E-state index is 12.2. The number of carbonyl (C=O) groups is 1. The average Bonchev–Trinajstić information content (AvgIpc) is 2.50. The van der Waals surface area contributed by atoms with Gasteiger partial charge in [-0.2, -0.15) is 0 Å². The molecule has 0 spiro atoms. The highest BCUT2D eigenvalue weighted by molar-refractivity contribution is 5.92. The standard InChI is InChI=1S/C17H28N2O2/c1-4-7-9-13-14(10-8-5-2)16(19-18)12-11-15(13)17(20)21-6-3/h11-12,19H,4-10,18H2,1-3H3. The summed E-state index contributed by atoms with van der Waals surface area (Å²) in [5.74, 6) is 5.41. The molecule has 0 amide bonds. The van der Waals surface area contributed by atoms with Crippen LogP contribution in [0.2, 0.25) is 0 Å². The third-order valence-corrected chi connectivity index (χ3v) is 3.64. The molecule has 0 saturated heterocycles. The Labute approximate surface area is 128 Å². The van der Waals surface area contributed by atoms with E-state index >= 15 is 0 Å². The van der Waals surface area contributed by atoms with Crippen molar-refractivity contribution in [2.24, 2.45) is 5.84 Å². The molecular formula is C17H28N2O2. The summed E-state index contributed by atoms with van der Waals surface area (Å²) in [6.07, 6.45) is 6.16. The van der Waals surface area contributed by atoms with Crippen LogP contribution >= 0.6 is 0 Å². The average molecular weight is 292 g/mol. The predicted octanol–water partition coefficient (Wildman–Crippen LogP) is 3.83. The van der Waals surface area contributed by atoms with Crippen LogP contribution in [0, 0.1) is 0 Å². The van der Waals surface area contributed by atoms with Gasteiger partial charge in [-0.05, 0) is 55.9 Å². The first-order chi connectivity index (χ1) is 10.2. The van der Waals surface area contributed by atoms with Gasteiger partial charge in [0.15, 0.2) is 0 Å². The monoisotopic (exact) mass is 292 g/mol. The van der Waals surface area contributed by atoms with E-state index in [9.17, 15) is 4.79 Å². The highest BCUT2D eigenvalue weighted by atomic mass is 16.5. The van der Waals surface area contributed by atoms with Gasteiger partial charge in [-0.15, -0.1) is 0 Å². The fourth-order valence-electron chi connectivity index (χ4n) is 2.51. The molecule has 4 heteroatoms.